The number of halogens is 2. The van der Waals surface area contributed by atoms with E-state index in [2.05, 4.69) is 9.97 Å². The fraction of sp³-hybridized carbons (Fsp3) is 0.0455. The van der Waals surface area contributed by atoms with E-state index in [0.717, 1.165) is 0 Å². The smallest absolute Gasteiger partial charge is 0.194 e. The molecule has 0 amide bonds. The molecule has 0 spiro atoms. The Morgan fingerprint density at radius 3 is 2.57 bits per heavy atom. The van der Waals surface area contributed by atoms with Crippen molar-refractivity contribution >= 4 is 28.4 Å². The van der Waals surface area contributed by atoms with Crippen molar-refractivity contribution in [3.8, 4) is 5.75 Å². The lowest BCUT2D eigenvalue weighted by molar-refractivity contribution is 0.103. The van der Waals surface area contributed by atoms with Crippen LogP contribution >= 0.6 is 11.6 Å². The molecule has 0 aliphatic rings. The van der Waals surface area contributed by atoms with Crippen molar-refractivity contribution in [2.75, 3.05) is 0 Å². The topological polar surface area (TPSA) is 52.1 Å². The van der Waals surface area contributed by atoms with Gasteiger partial charge in [0.1, 0.15) is 18.2 Å². The molecule has 0 fully saturated rings. The Kier molecular flexibility index (Phi) is 5.00. The van der Waals surface area contributed by atoms with Crippen molar-refractivity contribution in [3.63, 3.8) is 0 Å². The molecule has 6 heteroatoms. The van der Waals surface area contributed by atoms with Gasteiger partial charge in [-0.25, -0.2) is 4.39 Å². The summed E-state index contributed by atoms with van der Waals surface area (Å²) in [5, 5.41) is 0.211. The van der Waals surface area contributed by atoms with Gasteiger partial charge in [-0.3, -0.25) is 14.8 Å². The Morgan fingerprint density at radius 2 is 1.75 bits per heavy atom. The van der Waals surface area contributed by atoms with Crippen LogP contribution in [0.25, 0.3) is 11.0 Å². The first-order valence-electron chi connectivity index (χ1n) is 8.53. The van der Waals surface area contributed by atoms with E-state index in [-0.39, 0.29) is 23.2 Å². The van der Waals surface area contributed by atoms with E-state index in [4.69, 9.17) is 16.3 Å². The van der Waals surface area contributed by atoms with Gasteiger partial charge in [-0.05, 0) is 48.0 Å². The average molecular weight is 393 g/mol. The highest BCUT2D eigenvalue weighted by Gasteiger charge is 2.17. The summed E-state index contributed by atoms with van der Waals surface area (Å²) in [5.74, 6) is -0.221. The fourth-order valence-corrected chi connectivity index (χ4v) is 3.11. The number of carbonyl (C=O) groups is 1. The van der Waals surface area contributed by atoms with Gasteiger partial charge in [0.2, 0.25) is 0 Å². The maximum Gasteiger partial charge on any atom is 0.194 e. The highest BCUT2D eigenvalue weighted by Crippen LogP contribution is 2.30. The third-order valence-electron chi connectivity index (χ3n) is 4.22. The first-order chi connectivity index (χ1) is 13.6. The second-order valence-electron chi connectivity index (χ2n) is 6.13. The SMILES string of the molecule is O=C(c1ccc2nccnc2c1)c1cccc(OCc2cccc(F)c2)c1Cl. The van der Waals surface area contributed by atoms with Gasteiger partial charge in [0.15, 0.2) is 5.78 Å². The van der Waals surface area contributed by atoms with E-state index in [9.17, 15) is 9.18 Å². The summed E-state index contributed by atoms with van der Waals surface area (Å²) < 4.78 is 19.0. The Morgan fingerprint density at radius 1 is 0.964 bits per heavy atom. The van der Waals surface area contributed by atoms with Crippen molar-refractivity contribution in [1.82, 2.24) is 9.97 Å². The maximum atomic E-state index is 13.3. The molecule has 0 atom stereocenters. The lowest BCUT2D eigenvalue weighted by Gasteiger charge is -2.11. The number of nitrogens with zero attached hydrogens (tertiary/aromatic N) is 2. The number of aromatic nitrogens is 2. The monoisotopic (exact) mass is 392 g/mol. The number of hydrogen-bond donors (Lipinski definition) is 0. The van der Waals surface area contributed by atoms with Gasteiger partial charge in [-0.15, -0.1) is 0 Å². The lowest BCUT2D eigenvalue weighted by atomic mass is 10.0. The van der Waals surface area contributed by atoms with Gasteiger partial charge < -0.3 is 4.74 Å². The largest absolute Gasteiger partial charge is 0.487 e. The number of hydrogen-bond acceptors (Lipinski definition) is 4. The van der Waals surface area contributed by atoms with Crippen molar-refractivity contribution in [2.45, 2.75) is 6.61 Å². The zero-order valence-corrected chi connectivity index (χ0v) is 15.4. The van der Waals surface area contributed by atoms with Gasteiger partial charge >= 0.3 is 0 Å². The van der Waals surface area contributed by atoms with Gasteiger partial charge in [0, 0.05) is 23.5 Å². The molecule has 4 aromatic rings. The number of ether oxygens (including phenoxy) is 1. The molecule has 0 aliphatic carbocycles. The molecule has 0 radical (unpaired) electrons. The molecule has 0 aliphatic heterocycles. The lowest BCUT2D eigenvalue weighted by Crippen LogP contribution is -2.04. The van der Waals surface area contributed by atoms with Crippen LogP contribution < -0.4 is 4.74 Å². The molecule has 3 aromatic carbocycles. The van der Waals surface area contributed by atoms with Crippen molar-refractivity contribution < 1.29 is 13.9 Å². The zero-order valence-electron chi connectivity index (χ0n) is 14.6. The van der Waals surface area contributed by atoms with Crippen molar-refractivity contribution in [1.29, 1.82) is 0 Å². The fourth-order valence-electron chi connectivity index (χ4n) is 2.85. The van der Waals surface area contributed by atoms with E-state index in [1.165, 1.54) is 12.1 Å². The van der Waals surface area contributed by atoms with Crippen LogP contribution in [0.1, 0.15) is 21.5 Å². The zero-order chi connectivity index (χ0) is 19.5. The van der Waals surface area contributed by atoms with Gasteiger partial charge in [-0.1, -0.05) is 29.8 Å². The summed E-state index contributed by atoms with van der Waals surface area (Å²) in [6.45, 7) is 0.140. The predicted molar refractivity (Wildman–Crippen MR) is 105 cm³/mol. The van der Waals surface area contributed by atoms with Crippen LogP contribution in [0.2, 0.25) is 5.02 Å². The summed E-state index contributed by atoms with van der Waals surface area (Å²) in [6, 6.07) is 16.2. The number of rotatable bonds is 5. The van der Waals surface area contributed by atoms with E-state index < -0.39 is 0 Å². The molecule has 0 saturated heterocycles. The molecular weight excluding hydrogens is 379 g/mol. The Bertz CT molecular complexity index is 1180. The minimum Gasteiger partial charge on any atom is -0.487 e. The van der Waals surface area contributed by atoms with Crippen LogP contribution in [0.5, 0.6) is 5.75 Å². The van der Waals surface area contributed by atoms with Crippen molar-refractivity contribution in [2.24, 2.45) is 0 Å². The second-order valence-corrected chi connectivity index (χ2v) is 6.50. The molecule has 0 bridgehead atoms. The molecule has 4 rings (SSSR count). The van der Waals surface area contributed by atoms with Crippen LogP contribution in [-0.2, 0) is 6.61 Å². The van der Waals surface area contributed by atoms with Crippen LogP contribution in [0.4, 0.5) is 4.39 Å². The minimum atomic E-state index is -0.337. The summed E-state index contributed by atoms with van der Waals surface area (Å²) in [6.07, 6.45) is 3.17. The third kappa shape index (κ3) is 3.70. The molecule has 1 heterocycles. The molecule has 28 heavy (non-hydrogen) atoms. The van der Waals surface area contributed by atoms with E-state index in [1.54, 1.807) is 60.9 Å². The van der Waals surface area contributed by atoms with E-state index in [0.29, 0.717) is 33.5 Å². The average Bonchev–Trinajstić information content (AvgIpc) is 2.72. The molecule has 0 unspecified atom stereocenters. The molecule has 0 N–H and O–H groups in total. The first kappa shape index (κ1) is 18.1. The number of carbonyl (C=O) groups excluding carboxylic acids is 1. The first-order valence-corrected chi connectivity index (χ1v) is 8.91. The molecule has 0 saturated carbocycles. The second kappa shape index (κ2) is 7.74. The number of benzene rings is 3. The molecule has 1 aromatic heterocycles. The van der Waals surface area contributed by atoms with Crippen LogP contribution in [0.3, 0.4) is 0 Å². The molecule has 4 nitrogen and oxygen atoms in total. The highest BCUT2D eigenvalue weighted by atomic mass is 35.5. The summed E-state index contributed by atoms with van der Waals surface area (Å²) in [7, 11) is 0. The standard InChI is InChI=1S/C22H14ClFN2O2/c23-21-17(22(27)15-7-8-18-19(12-15)26-10-9-25-18)5-2-6-20(21)28-13-14-3-1-4-16(24)11-14/h1-12H,13H2. The summed E-state index contributed by atoms with van der Waals surface area (Å²) in [5.41, 5.74) is 2.78. The van der Waals surface area contributed by atoms with E-state index in [1.807, 2.05) is 0 Å². The van der Waals surface area contributed by atoms with Gasteiger partial charge in [0.25, 0.3) is 0 Å². The summed E-state index contributed by atoms with van der Waals surface area (Å²) >= 11 is 6.42. The molecular formula is C22H14ClFN2O2. The van der Waals surface area contributed by atoms with Crippen molar-refractivity contribution in [3.05, 3.63) is 101 Å². The predicted octanol–water partition coefficient (Wildman–Crippen LogP) is 5.23. The Labute approximate surface area is 165 Å². The van der Waals surface area contributed by atoms with E-state index >= 15 is 0 Å². The summed E-state index contributed by atoms with van der Waals surface area (Å²) in [4.78, 5) is 21.4. The maximum absolute atomic E-state index is 13.3. The quantitative estimate of drug-likeness (QED) is 0.436. The van der Waals surface area contributed by atoms with Crippen LogP contribution in [0.15, 0.2) is 73.1 Å². The number of ketones is 1. The molecule has 138 valence electrons. The van der Waals surface area contributed by atoms with Gasteiger partial charge in [0.05, 0.1) is 16.1 Å². The normalized spacial score (nSPS) is 10.8. The number of fused-ring (bicyclic) bond motifs is 1. The van der Waals surface area contributed by atoms with Crippen LogP contribution in [0, 0.1) is 5.82 Å². The Hall–Kier alpha value is -3.31. The van der Waals surface area contributed by atoms with Gasteiger partial charge in [-0.2, -0.15) is 0 Å². The van der Waals surface area contributed by atoms with Crippen LogP contribution in [-0.4, -0.2) is 15.8 Å². The Balaban J connectivity index is 1.60. The third-order valence-corrected chi connectivity index (χ3v) is 4.61. The minimum absolute atomic E-state index is 0.140. The highest BCUT2D eigenvalue weighted by molar-refractivity contribution is 6.36.